The van der Waals surface area contributed by atoms with Crippen LogP contribution in [-0.4, -0.2) is 14.9 Å². The van der Waals surface area contributed by atoms with E-state index in [0.29, 0.717) is 5.75 Å². The van der Waals surface area contributed by atoms with Crippen LogP contribution >= 0.6 is 11.8 Å². The SMILES string of the molecule is CC(=O)SCc1n(C)nc[n+]1C. The van der Waals surface area contributed by atoms with E-state index in [4.69, 9.17) is 0 Å². The molecule has 5 heteroatoms. The molecule has 0 saturated heterocycles. The number of thioether (sulfide) groups is 1. The highest BCUT2D eigenvalue weighted by molar-refractivity contribution is 8.12. The number of rotatable bonds is 2. The van der Waals surface area contributed by atoms with Gasteiger partial charge in [-0.05, 0) is 0 Å². The molecule has 1 aromatic rings. The van der Waals surface area contributed by atoms with E-state index in [1.54, 1.807) is 17.9 Å². The molecule has 1 aromatic heterocycles. The van der Waals surface area contributed by atoms with Crippen molar-refractivity contribution in [2.24, 2.45) is 14.1 Å². The zero-order valence-corrected chi connectivity index (χ0v) is 8.26. The summed E-state index contributed by atoms with van der Waals surface area (Å²) in [6.07, 6.45) is 1.73. The molecule has 1 rings (SSSR count). The summed E-state index contributed by atoms with van der Waals surface area (Å²) < 4.78 is 3.69. The topological polar surface area (TPSA) is 38.8 Å². The maximum Gasteiger partial charge on any atom is 0.265 e. The van der Waals surface area contributed by atoms with E-state index < -0.39 is 0 Å². The van der Waals surface area contributed by atoms with Crippen molar-refractivity contribution >= 4 is 16.9 Å². The third kappa shape index (κ3) is 2.07. The van der Waals surface area contributed by atoms with Crippen molar-refractivity contribution in [3.8, 4) is 0 Å². The number of nitrogens with zero attached hydrogens (tertiary/aromatic N) is 3. The van der Waals surface area contributed by atoms with E-state index in [2.05, 4.69) is 5.10 Å². The van der Waals surface area contributed by atoms with Gasteiger partial charge in [0.15, 0.2) is 5.12 Å². The molecule has 0 radical (unpaired) electrons. The fourth-order valence-corrected chi connectivity index (χ4v) is 1.60. The maximum absolute atomic E-state index is 10.7. The lowest BCUT2D eigenvalue weighted by Crippen LogP contribution is -2.31. The van der Waals surface area contributed by atoms with E-state index >= 15 is 0 Å². The molecular weight excluding hydrogens is 174 g/mol. The molecule has 4 nitrogen and oxygen atoms in total. The third-order valence-electron chi connectivity index (χ3n) is 1.58. The second-order valence-electron chi connectivity index (χ2n) is 2.56. The first-order chi connectivity index (χ1) is 5.61. The van der Waals surface area contributed by atoms with E-state index in [0.717, 1.165) is 5.82 Å². The highest BCUT2D eigenvalue weighted by Crippen LogP contribution is 2.07. The second-order valence-corrected chi connectivity index (χ2v) is 3.71. The number of hydrogen-bond donors (Lipinski definition) is 0. The Bertz CT molecular complexity index is 275. The Labute approximate surface area is 75.6 Å². The van der Waals surface area contributed by atoms with Gasteiger partial charge in [-0.3, -0.25) is 4.79 Å². The van der Waals surface area contributed by atoms with Crippen LogP contribution in [0.2, 0.25) is 0 Å². The zero-order chi connectivity index (χ0) is 9.14. The van der Waals surface area contributed by atoms with Gasteiger partial charge in [0.1, 0.15) is 0 Å². The lowest BCUT2D eigenvalue weighted by molar-refractivity contribution is -0.678. The van der Waals surface area contributed by atoms with Crippen molar-refractivity contribution in [3.05, 3.63) is 12.2 Å². The Morgan fingerprint density at radius 3 is 2.92 bits per heavy atom. The van der Waals surface area contributed by atoms with Crippen LogP contribution in [-0.2, 0) is 24.6 Å². The van der Waals surface area contributed by atoms with Crippen LogP contribution in [0, 0.1) is 0 Å². The van der Waals surface area contributed by atoms with Crippen molar-refractivity contribution in [2.45, 2.75) is 12.7 Å². The number of carbonyl (C=O) groups is 1. The molecule has 12 heavy (non-hydrogen) atoms. The van der Waals surface area contributed by atoms with Crippen molar-refractivity contribution in [3.63, 3.8) is 0 Å². The molecule has 0 bridgehead atoms. The Kier molecular flexibility index (Phi) is 2.86. The lowest BCUT2D eigenvalue weighted by atomic mass is 10.7. The second kappa shape index (κ2) is 3.71. The summed E-state index contributed by atoms with van der Waals surface area (Å²) in [6, 6.07) is 0. The quantitative estimate of drug-likeness (QED) is 0.611. The molecule has 0 N–H and O–H groups in total. The highest BCUT2D eigenvalue weighted by atomic mass is 32.2. The summed E-state index contributed by atoms with van der Waals surface area (Å²) in [6.45, 7) is 1.57. The van der Waals surface area contributed by atoms with Gasteiger partial charge in [0.05, 0.1) is 19.8 Å². The van der Waals surface area contributed by atoms with Gasteiger partial charge in [-0.2, -0.15) is 0 Å². The van der Waals surface area contributed by atoms with Crippen LogP contribution in [0.5, 0.6) is 0 Å². The van der Waals surface area contributed by atoms with Gasteiger partial charge >= 0.3 is 0 Å². The van der Waals surface area contributed by atoms with Gasteiger partial charge in [0.25, 0.3) is 6.33 Å². The van der Waals surface area contributed by atoms with Crippen molar-refractivity contribution in [2.75, 3.05) is 0 Å². The summed E-state index contributed by atoms with van der Waals surface area (Å²) in [7, 11) is 3.79. The highest BCUT2D eigenvalue weighted by Gasteiger charge is 2.12. The predicted octanol–water partition coefficient (Wildman–Crippen LogP) is 0.0243. The van der Waals surface area contributed by atoms with Gasteiger partial charge in [-0.1, -0.05) is 11.8 Å². The molecule has 66 valence electrons. The largest absolute Gasteiger partial charge is 0.288 e. The summed E-state index contributed by atoms with van der Waals surface area (Å²) >= 11 is 1.30. The van der Waals surface area contributed by atoms with Crippen LogP contribution in [0.1, 0.15) is 12.7 Å². The first-order valence-electron chi connectivity index (χ1n) is 3.61. The summed E-state index contributed by atoms with van der Waals surface area (Å²) in [5, 5.41) is 4.18. The smallest absolute Gasteiger partial charge is 0.265 e. The number of carbonyl (C=O) groups excluding carboxylic acids is 1. The monoisotopic (exact) mass is 186 g/mol. The van der Waals surface area contributed by atoms with Gasteiger partial charge in [-0.15, -0.1) is 4.68 Å². The Balaban J connectivity index is 2.68. The molecule has 0 saturated carbocycles. The van der Waals surface area contributed by atoms with E-state index in [9.17, 15) is 4.79 Å². The fraction of sp³-hybridized carbons (Fsp3) is 0.571. The van der Waals surface area contributed by atoms with Gasteiger partial charge in [0.2, 0.25) is 5.82 Å². The van der Waals surface area contributed by atoms with E-state index in [-0.39, 0.29) is 5.12 Å². The standard InChI is InChI=1S/C7H12N3OS/c1-6(11)12-4-7-9(2)5-8-10(7)3/h5H,4H2,1-3H3/q+1. The average Bonchev–Trinajstić information content (AvgIpc) is 2.28. The molecular formula is C7H12N3OS+. The summed E-state index contributed by atoms with van der Waals surface area (Å²) in [4.78, 5) is 10.7. The molecule has 0 aliphatic rings. The minimum absolute atomic E-state index is 0.135. The normalized spacial score (nSPS) is 10.2. The zero-order valence-electron chi connectivity index (χ0n) is 7.44. The molecule has 0 spiro atoms. The Hall–Kier alpha value is -0.840. The lowest BCUT2D eigenvalue weighted by Gasteiger charge is -1.94. The van der Waals surface area contributed by atoms with Crippen molar-refractivity contribution in [1.29, 1.82) is 0 Å². The number of aromatic nitrogens is 3. The average molecular weight is 186 g/mol. The van der Waals surface area contributed by atoms with E-state index in [1.807, 2.05) is 18.7 Å². The van der Waals surface area contributed by atoms with Crippen LogP contribution in [0.4, 0.5) is 0 Å². The molecule has 0 atom stereocenters. The number of hydrogen-bond acceptors (Lipinski definition) is 3. The molecule has 0 amide bonds. The number of aryl methyl sites for hydroxylation is 2. The molecule has 0 aliphatic heterocycles. The van der Waals surface area contributed by atoms with Crippen molar-refractivity contribution in [1.82, 2.24) is 9.78 Å². The van der Waals surface area contributed by atoms with Crippen LogP contribution in [0.3, 0.4) is 0 Å². The van der Waals surface area contributed by atoms with Crippen molar-refractivity contribution < 1.29 is 9.36 Å². The Morgan fingerprint density at radius 1 is 1.83 bits per heavy atom. The first-order valence-corrected chi connectivity index (χ1v) is 4.59. The molecule has 0 unspecified atom stereocenters. The van der Waals surface area contributed by atoms with Gasteiger partial charge in [-0.25, -0.2) is 4.57 Å². The molecule has 1 heterocycles. The minimum Gasteiger partial charge on any atom is -0.288 e. The first kappa shape index (κ1) is 9.25. The van der Waals surface area contributed by atoms with Gasteiger partial charge < -0.3 is 0 Å². The van der Waals surface area contributed by atoms with Gasteiger partial charge in [0, 0.05) is 12.0 Å². The van der Waals surface area contributed by atoms with Crippen LogP contribution in [0.15, 0.2) is 6.33 Å². The molecule has 0 fully saturated rings. The fourth-order valence-electron chi connectivity index (χ4n) is 0.878. The van der Waals surface area contributed by atoms with Crippen LogP contribution < -0.4 is 4.57 Å². The summed E-state index contributed by atoms with van der Waals surface area (Å²) in [5.74, 6) is 1.72. The van der Waals surface area contributed by atoms with Crippen LogP contribution in [0.25, 0.3) is 0 Å². The maximum atomic E-state index is 10.7. The Morgan fingerprint density at radius 2 is 2.50 bits per heavy atom. The summed E-state index contributed by atoms with van der Waals surface area (Å²) in [5.41, 5.74) is 0. The minimum atomic E-state index is 0.135. The molecule has 0 aliphatic carbocycles. The third-order valence-corrected chi connectivity index (χ3v) is 2.39. The molecule has 0 aromatic carbocycles. The van der Waals surface area contributed by atoms with E-state index in [1.165, 1.54) is 11.8 Å². The predicted molar refractivity (Wildman–Crippen MR) is 46.4 cm³/mol.